The molecular formula is C24H35IN4O3. The zero-order chi connectivity index (χ0) is 22.2. The van der Waals surface area contributed by atoms with Crippen LogP contribution in [-0.4, -0.2) is 55.5 Å². The number of benzene rings is 1. The van der Waals surface area contributed by atoms with Crippen LogP contribution in [0.1, 0.15) is 30.7 Å². The molecule has 1 aromatic carbocycles. The number of aliphatic imine (C=N–C) groups is 1. The van der Waals surface area contributed by atoms with Gasteiger partial charge >= 0.3 is 5.97 Å². The van der Waals surface area contributed by atoms with Gasteiger partial charge in [-0.15, -0.1) is 24.0 Å². The topological polar surface area (TPSA) is 70.3 Å². The molecule has 0 aliphatic carbocycles. The summed E-state index contributed by atoms with van der Waals surface area (Å²) in [5, 5.41) is 3.38. The van der Waals surface area contributed by atoms with Gasteiger partial charge in [-0.1, -0.05) is 31.2 Å². The molecule has 8 heteroatoms. The summed E-state index contributed by atoms with van der Waals surface area (Å²) in [6.45, 7) is 8.51. The van der Waals surface area contributed by atoms with Crippen LogP contribution >= 0.6 is 24.0 Å². The van der Waals surface area contributed by atoms with Crippen molar-refractivity contribution in [3.63, 3.8) is 0 Å². The predicted octanol–water partition coefficient (Wildman–Crippen LogP) is 3.74. The van der Waals surface area contributed by atoms with Crippen molar-refractivity contribution < 1.29 is 13.9 Å². The second-order valence-electron chi connectivity index (χ2n) is 8.20. The van der Waals surface area contributed by atoms with E-state index in [9.17, 15) is 4.79 Å². The SMILES string of the molecule is CCNC(=NCc1ccccc1CN(C)Cc1ccco1)N1CC(C)C(C(=O)OC)C1.I. The number of esters is 1. The van der Waals surface area contributed by atoms with Crippen LogP contribution in [0.4, 0.5) is 0 Å². The number of methoxy groups -OCH3 is 1. The molecule has 1 fully saturated rings. The summed E-state index contributed by atoms with van der Waals surface area (Å²) in [5.74, 6) is 1.78. The highest BCUT2D eigenvalue weighted by molar-refractivity contribution is 14.0. The number of carbonyl (C=O) groups is 1. The molecule has 2 atom stereocenters. The normalized spacial score (nSPS) is 18.5. The number of furan rings is 1. The lowest BCUT2D eigenvalue weighted by molar-refractivity contribution is -0.145. The summed E-state index contributed by atoms with van der Waals surface area (Å²) < 4.78 is 10.4. The Kier molecular flexibility index (Phi) is 10.5. The van der Waals surface area contributed by atoms with Crippen molar-refractivity contribution in [3.8, 4) is 0 Å². The van der Waals surface area contributed by atoms with Gasteiger partial charge in [0.25, 0.3) is 0 Å². The van der Waals surface area contributed by atoms with E-state index in [0.717, 1.165) is 37.9 Å². The largest absolute Gasteiger partial charge is 0.469 e. The maximum atomic E-state index is 12.1. The van der Waals surface area contributed by atoms with E-state index in [4.69, 9.17) is 14.1 Å². The Morgan fingerprint density at radius 3 is 2.62 bits per heavy atom. The number of ether oxygens (including phenoxy) is 1. The number of hydrogen-bond acceptors (Lipinski definition) is 5. The summed E-state index contributed by atoms with van der Waals surface area (Å²) in [7, 11) is 3.54. The van der Waals surface area contributed by atoms with Crippen LogP contribution in [0.15, 0.2) is 52.1 Å². The molecule has 2 heterocycles. The molecule has 1 aliphatic heterocycles. The third kappa shape index (κ3) is 6.96. The van der Waals surface area contributed by atoms with Gasteiger partial charge in [0.2, 0.25) is 0 Å². The zero-order valence-corrected chi connectivity index (χ0v) is 21.7. The van der Waals surface area contributed by atoms with E-state index < -0.39 is 0 Å². The Balaban J connectivity index is 0.00000363. The first-order chi connectivity index (χ1) is 15.0. The van der Waals surface area contributed by atoms with Gasteiger partial charge in [0.05, 0.1) is 32.4 Å². The van der Waals surface area contributed by atoms with Gasteiger partial charge in [0, 0.05) is 26.2 Å². The van der Waals surface area contributed by atoms with Crippen LogP contribution < -0.4 is 5.32 Å². The Labute approximate surface area is 208 Å². The Morgan fingerprint density at radius 1 is 1.22 bits per heavy atom. The average Bonchev–Trinajstić information content (AvgIpc) is 3.41. The summed E-state index contributed by atoms with van der Waals surface area (Å²) >= 11 is 0. The average molecular weight is 554 g/mol. The Bertz CT molecular complexity index is 872. The van der Waals surface area contributed by atoms with Gasteiger partial charge in [0.1, 0.15) is 5.76 Å². The number of rotatable bonds is 8. The number of guanidine groups is 1. The third-order valence-corrected chi connectivity index (χ3v) is 5.71. The molecule has 0 spiro atoms. The fourth-order valence-electron chi connectivity index (χ4n) is 4.07. The molecule has 2 unspecified atom stereocenters. The molecule has 1 aliphatic rings. The van der Waals surface area contributed by atoms with Gasteiger partial charge in [-0.05, 0) is 43.1 Å². The number of likely N-dealkylation sites (tertiary alicyclic amines) is 1. The molecule has 7 nitrogen and oxygen atoms in total. The molecule has 1 saturated heterocycles. The lowest BCUT2D eigenvalue weighted by Crippen LogP contribution is -2.40. The van der Waals surface area contributed by atoms with Crippen LogP contribution in [0.25, 0.3) is 0 Å². The van der Waals surface area contributed by atoms with Crippen molar-refractivity contribution >= 4 is 35.9 Å². The van der Waals surface area contributed by atoms with E-state index >= 15 is 0 Å². The van der Waals surface area contributed by atoms with E-state index in [1.165, 1.54) is 18.2 Å². The van der Waals surface area contributed by atoms with Gasteiger partial charge < -0.3 is 19.4 Å². The lowest BCUT2D eigenvalue weighted by atomic mass is 9.99. The molecule has 32 heavy (non-hydrogen) atoms. The van der Waals surface area contributed by atoms with Crippen LogP contribution in [0.5, 0.6) is 0 Å². The number of carbonyl (C=O) groups excluding carboxylic acids is 1. The van der Waals surface area contributed by atoms with Crippen molar-refractivity contribution in [2.75, 3.05) is 33.8 Å². The van der Waals surface area contributed by atoms with Crippen LogP contribution in [0, 0.1) is 11.8 Å². The monoisotopic (exact) mass is 554 g/mol. The van der Waals surface area contributed by atoms with Gasteiger partial charge in [0.15, 0.2) is 5.96 Å². The van der Waals surface area contributed by atoms with Crippen LogP contribution in [-0.2, 0) is 29.2 Å². The van der Waals surface area contributed by atoms with Crippen molar-refractivity contribution in [2.45, 2.75) is 33.5 Å². The minimum Gasteiger partial charge on any atom is -0.469 e. The maximum Gasteiger partial charge on any atom is 0.310 e. The lowest BCUT2D eigenvalue weighted by Gasteiger charge is -2.22. The molecule has 0 bridgehead atoms. The second kappa shape index (κ2) is 12.8. The summed E-state index contributed by atoms with van der Waals surface area (Å²) in [4.78, 5) is 21.4. The number of nitrogens with one attached hydrogen (secondary N) is 1. The van der Waals surface area contributed by atoms with Gasteiger partial charge in [-0.25, -0.2) is 4.99 Å². The zero-order valence-electron chi connectivity index (χ0n) is 19.4. The fraction of sp³-hybridized carbons (Fsp3) is 0.500. The number of hydrogen-bond donors (Lipinski definition) is 1. The van der Waals surface area contributed by atoms with Crippen molar-refractivity contribution in [1.82, 2.24) is 15.1 Å². The van der Waals surface area contributed by atoms with Crippen molar-refractivity contribution in [3.05, 3.63) is 59.5 Å². The highest BCUT2D eigenvalue weighted by atomic mass is 127. The first-order valence-electron chi connectivity index (χ1n) is 10.9. The number of nitrogens with zero attached hydrogens (tertiary/aromatic N) is 3. The van der Waals surface area contributed by atoms with Gasteiger partial charge in [-0.2, -0.15) is 0 Å². The standard InChI is InChI=1S/C24H34N4O3.HI/c1-5-25-24(28-14-18(2)22(17-28)23(29)30-4)26-13-19-9-6-7-10-20(19)15-27(3)16-21-11-8-12-31-21;/h6-12,18,22H,5,13-17H2,1-4H3,(H,25,26);1H. The van der Waals surface area contributed by atoms with Crippen LogP contribution in [0.2, 0.25) is 0 Å². The predicted molar refractivity (Wildman–Crippen MR) is 137 cm³/mol. The van der Waals surface area contributed by atoms with Crippen molar-refractivity contribution in [1.29, 1.82) is 0 Å². The molecule has 2 aromatic rings. The quantitative estimate of drug-likeness (QED) is 0.232. The third-order valence-electron chi connectivity index (χ3n) is 5.71. The van der Waals surface area contributed by atoms with E-state index in [1.807, 2.05) is 12.1 Å². The van der Waals surface area contributed by atoms with Gasteiger partial charge in [-0.3, -0.25) is 9.69 Å². The molecule has 176 valence electrons. The minimum absolute atomic E-state index is 0. The molecule has 3 rings (SSSR count). The molecule has 0 amide bonds. The van der Waals surface area contributed by atoms with Crippen molar-refractivity contribution in [2.24, 2.45) is 16.8 Å². The maximum absolute atomic E-state index is 12.1. The first kappa shape index (κ1) is 26.2. The van der Waals surface area contributed by atoms with Crippen LogP contribution in [0.3, 0.4) is 0 Å². The second-order valence-corrected chi connectivity index (χ2v) is 8.20. The molecule has 0 radical (unpaired) electrons. The minimum atomic E-state index is -0.143. The molecule has 1 N–H and O–H groups in total. The Hall–Kier alpha value is -2.07. The smallest absolute Gasteiger partial charge is 0.310 e. The summed E-state index contributed by atoms with van der Waals surface area (Å²) in [6, 6.07) is 12.3. The molecular weight excluding hydrogens is 519 g/mol. The summed E-state index contributed by atoms with van der Waals surface area (Å²) in [5.41, 5.74) is 2.44. The van der Waals surface area contributed by atoms with E-state index in [2.05, 4.69) is 60.3 Å². The van der Waals surface area contributed by atoms with E-state index in [1.54, 1.807) is 6.26 Å². The number of halogens is 1. The first-order valence-corrected chi connectivity index (χ1v) is 10.9. The van der Waals surface area contributed by atoms with E-state index in [0.29, 0.717) is 13.1 Å². The molecule has 0 saturated carbocycles. The molecule has 1 aromatic heterocycles. The fourth-order valence-corrected chi connectivity index (χ4v) is 4.07. The summed E-state index contributed by atoms with van der Waals surface area (Å²) in [6.07, 6.45) is 1.71. The highest BCUT2D eigenvalue weighted by Crippen LogP contribution is 2.24. The Morgan fingerprint density at radius 2 is 1.97 bits per heavy atom. The highest BCUT2D eigenvalue weighted by Gasteiger charge is 2.36. The van der Waals surface area contributed by atoms with E-state index in [-0.39, 0.29) is 41.8 Å².